The minimum absolute atomic E-state index is 0.0112. The summed E-state index contributed by atoms with van der Waals surface area (Å²) in [5.74, 6) is -0.600. The van der Waals surface area contributed by atoms with E-state index in [4.69, 9.17) is 9.47 Å². The number of hydrogen-bond donors (Lipinski definition) is 1. The highest BCUT2D eigenvalue weighted by atomic mass is 32.2. The number of anilines is 1. The summed E-state index contributed by atoms with van der Waals surface area (Å²) in [5.41, 5.74) is 1.24. The van der Waals surface area contributed by atoms with E-state index in [0.29, 0.717) is 17.9 Å². The molecule has 0 saturated carbocycles. The molecule has 0 spiro atoms. The second-order valence-corrected chi connectivity index (χ2v) is 13.2. The van der Waals surface area contributed by atoms with Crippen molar-refractivity contribution in [3.8, 4) is 5.75 Å². The number of rotatable bonds is 7. The number of amides is 1. The van der Waals surface area contributed by atoms with Crippen LogP contribution in [0.5, 0.6) is 5.75 Å². The number of carbonyl (C=O) groups is 1. The summed E-state index contributed by atoms with van der Waals surface area (Å²) in [6.45, 7) is 6.08. The number of carbonyl (C=O) groups excluding carboxylic acids is 1. The predicted molar refractivity (Wildman–Crippen MR) is 157 cm³/mol. The number of benzene rings is 2. The van der Waals surface area contributed by atoms with Gasteiger partial charge in [-0.2, -0.15) is 4.31 Å². The molecule has 0 bridgehead atoms. The third-order valence-corrected chi connectivity index (χ3v) is 9.35. The zero-order chi connectivity index (χ0) is 30.3. The number of aliphatic hydroxyl groups is 1. The first-order chi connectivity index (χ1) is 19.3. The molecule has 0 aliphatic carbocycles. The molecule has 1 N–H and O–H groups in total. The summed E-state index contributed by atoms with van der Waals surface area (Å²) >= 11 is 0. The topological polar surface area (TPSA) is 99.6 Å². The van der Waals surface area contributed by atoms with E-state index in [1.807, 2.05) is 45.0 Å². The van der Waals surface area contributed by atoms with Gasteiger partial charge in [0.15, 0.2) is 0 Å². The lowest BCUT2D eigenvalue weighted by atomic mass is 10.0. The maximum atomic E-state index is 14.1. The molecule has 41 heavy (non-hydrogen) atoms. The Hall–Kier alpha value is -2.73. The standard InChI is InChI=1S/C30H44FN3O6S/c1-21-18-34(22(2)20-35)30(36)27-17-25(32(4)5)12-15-28(27)40-23(3)9-7-8-16-39-29(21)19-33(6)41(37,38)26-13-10-24(31)11-14-26/h10-15,17,21-23,29,35H,7-9,16,18-20H2,1-6H3/t21-,22-,23-,29+/m1/s1. The summed E-state index contributed by atoms with van der Waals surface area (Å²) in [7, 11) is 1.36. The lowest BCUT2D eigenvalue weighted by molar-refractivity contribution is -0.00833. The Morgan fingerprint density at radius 2 is 1.78 bits per heavy atom. The highest BCUT2D eigenvalue weighted by molar-refractivity contribution is 7.89. The van der Waals surface area contributed by atoms with Crippen LogP contribution >= 0.6 is 0 Å². The number of sulfonamides is 1. The predicted octanol–water partition coefficient (Wildman–Crippen LogP) is 4.01. The molecule has 1 aliphatic heterocycles. The minimum atomic E-state index is -3.90. The van der Waals surface area contributed by atoms with Crippen molar-refractivity contribution in [2.45, 2.75) is 63.2 Å². The molecule has 3 rings (SSSR count). The van der Waals surface area contributed by atoms with Crippen molar-refractivity contribution in [3.05, 3.63) is 53.8 Å². The number of halogens is 1. The Bertz CT molecular complexity index is 1260. The van der Waals surface area contributed by atoms with Crippen LogP contribution in [0.3, 0.4) is 0 Å². The molecule has 0 fully saturated rings. The fourth-order valence-corrected chi connectivity index (χ4v) is 5.97. The summed E-state index contributed by atoms with van der Waals surface area (Å²) in [5, 5.41) is 10.1. The number of aliphatic hydroxyl groups excluding tert-OH is 1. The fraction of sp³-hybridized carbons (Fsp3) is 0.567. The number of ether oxygens (including phenoxy) is 2. The van der Waals surface area contributed by atoms with Crippen molar-refractivity contribution in [2.24, 2.45) is 5.92 Å². The van der Waals surface area contributed by atoms with Gasteiger partial charge in [0, 0.05) is 52.4 Å². The smallest absolute Gasteiger partial charge is 0.258 e. The molecule has 2 aromatic rings. The van der Waals surface area contributed by atoms with Gasteiger partial charge in [-0.25, -0.2) is 12.8 Å². The van der Waals surface area contributed by atoms with E-state index in [-0.39, 0.29) is 42.5 Å². The first-order valence-electron chi connectivity index (χ1n) is 14.1. The molecule has 228 valence electrons. The van der Waals surface area contributed by atoms with E-state index in [1.165, 1.54) is 23.5 Å². The van der Waals surface area contributed by atoms with Crippen LogP contribution in [-0.4, -0.2) is 94.3 Å². The van der Waals surface area contributed by atoms with Gasteiger partial charge in [-0.3, -0.25) is 4.79 Å². The Morgan fingerprint density at radius 3 is 2.41 bits per heavy atom. The highest BCUT2D eigenvalue weighted by Crippen LogP contribution is 2.29. The molecule has 9 nitrogen and oxygen atoms in total. The van der Waals surface area contributed by atoms with Crippen molar-refractivity contribution < 1.29 is 32.2 Å². The molecule has 4 atom stereocenters. The van der Waals surface area contributed by atoms with Crippen molar-refractivity contribution in [1.82, 2.24) is 9.21 Å². The molecule has 0 saturated heterocycles. The highest BCUT2D eigenvalue weighted by Gasteiger charge is 2.32. The van der Waals surface area contributed by atoms with Gasteiger partial charge >= 0.3 is 0 Å². The SMILES string of the molecule is C[C@@H]1CCCCO[C@@H](CN(C)S(=O)(=O)c2ccc(F)cc2)[C@H](C)CN([C@H](C)CO)C(=O)c2cc(N(C)C)ccc2O1. The first kappa shape index (κ1) is 32.8. The second kappa shape index (κ2) is 14.4. The van der Waals surface area contributed by atoms with E-state index >= 15 is 0 Å². The molecule has 1 amide bonds. The van der Waals surface area contributed by atoms with Crippen LogP contribution in [0.4, 0.5) is 10.1 Å². The Morgan fingerprint density at radius 1 is 1.10 bits per heavy atom. The van der Waals surface area contributed by atoms with Crippen molar-refractivity contribution >= 4 is 21.6 Å². The van der Waals surface area contributed by atoms with Gasteiger partial charge in [0.1, 0.15) is 11.6 Å². The molecule has 1 heterocycles. The largest absolute Gasteiger partial charge is 0.490 e. The molecule has 0 unspecified atom stereocenters. The lowest BCUT2D eigenvalue weighted by Gasteiger charge is -2.35. The Kier molecular flexibility index (Phi) is 11.5. The van der Waals surface area contributed by atoms with E-state index in [1.54, 1.807) is 17.9 Å². The number of fused-ring (bicyclic) bond motifs is 1. The molecule has 11 heteroatoms. The van der Waals surface area contributed by atoms with Gasteiger partial charge in [-0.1, -0.05) is 6.92 Å². The van der Waals surface area contributed by atoms with E-state index < -0.39 is 28.0 Å². The minimum Gasteiger partial charge on any atom is -0.490 e. The third kappa shape index (κ3) is 8.41. The zero-order valence-electron chi connectivity index (χ0n) is 24.9. The Balaban J connectivity index is 1.96. The van der Waals surface area contributed by atoms with Gasteiger partial charge in [-0.05, 0) is 75.6 Å². The van der Waals surface area contributed by atoms with Crippen LogP contribution in [0.2, 0.25) is 0 Å². The normalized spacial score (nSPS) is 22.0. The third-order valence-electron chi connectivity index (χ3n) is 7.51. The molecule has 0 radical (unpaired) electrons. The van der Waals surface area contributed by atoms with E-state index in [9.17, 15) is 22.7 Å². The van der Waals surface area contributed by atoms with Crippen LogP contribution in [0.15, 0.2) is 47.4 Å². The van der Waals surface area contributed by atoms with Crippen LogP contribution in [0, 0.1) is 11.7 Å². The summed E-state index contributed by atoms with van der Waals surface area (Å²) in [6, 6.07) is 9.73. The van der Waals surface area contributed by atoms with Gasteiger partial charge in [-0.15, -0.1) is 0 Å². The number of likely N-dealkylation sites (N-methyl/N-ethyl adjacent to an activating group) is 1. The van der Waals surface area contributed by atoms with Gasteiger partial charge < -0.3 is 24.4 Å². The second-order valence-electron chi connectivity index (χ2n) is 11.1. The van der Waals surface area contributed by atoms with Crippen LogP contribution in [0.25, 0.3) is 0 Å². The summed E-state index contributed by atoms with van der Waals surface area (Å²) < 4.78 is 53.6. The van der Waals surface area contributed by atoms with Crippen molar-refractivity contribution in [2.75, 3.05) is 52.3 Å². The van der Waals surface area contributed by atoms with Crippen molar-refractivity contribution in [1.29, 1.82) is 0 Å². The summed E-state index contributed by atoms with van der Waals surface area (Å²) in [4.78, 5) is 17.6. The van der Waals surface area contributed by atoms with Gasteiger partial charge in [0.2, 0.25) is 10.0 Å². The lowest BCUT2D eigenvalue weighted by Crippen LogP contribution is -2.48. The maximum Gasteiger partial charge on any atom is 0.258 e. The zero-order valence-corrected chi connectivity index (χ0v) is 25.7. The molecule has 2 aromatic carbocycles. The molecule has 1 aliphatic rings. The van der Waals surface area contributed by atoms with Gasteiger partial charge in [0.25, 0.3) is 5.91 Å². The van der Waals surface area contributed by atoms with Gasteiger partial charge in [0.05, 0.1) is 35.3 Å². The van der Waals surface area contributed by atoms with E-state index in [2.05, 4.69) is 0 Å². The Labute approximate surface area is 243 Å². The summed E-state index contributed by atoms with van der Waals surface area (Å²) in [6.07, 6.45) is 1.66. The van der Waals surface area contributed by atoms with Crippen LogP contribution in [0.1, 0.15) is 50.4 Å². The average molecular weight is 594 g/mol. The van der Waals surface area contributed by atoms with Crippen molar-refractivity contribution in [3.63, 3.8) is 0 Å². The average Bonchev–Trinajstić information content (AvgIpc) is 2.93. The molecule has 0 aromatic heterocycles. The fourth-order valence-electron chi connectivity index (χ4n) is 4.79. The van der Waals surface area contributed by atoms with E-state index in [0.717, 1.165) is 37.1 Å². The number of nitrogens with zero attached hydrogens (tertiary/aromatic N) is 3. The first-order valence-corrected chi connectivity index (χ1v) is 15.5. The van der Waals surface area contributed by atoms with Crippen LogP contribution in [-0.2, 0) is 14.8 Å². The molecular formula is C30H44FN3O6S. The quantitative estimate of drug-likeness (QED) is 0.518. The monoisotopic (exact) mass is 593 g/mol. The van der Waals surface area contributed by atoms with Crippen LogP contribution < -0.4 is 9.64 Å². The number of hydrogen-bond acceptors (Lipinski definition) is 7. The molecular weight excluding hydrogens is 549 g/mol. The maximum absolute atomic E-state index is 14.1.